The second-order valence-electron chi connectivity index (χ2n) is 8.07. The van der Waals surface area contributed by atoms with Crippen LogP contribution in [-0.2, 0) is 9.59 Å². The van der Waals surface area contributed by atoms with Crippen LogP contribution in [0.5, 0.6) is 11.5 Å². The summed E-state index contributed by atoms with van der Waals surface area (Å²) in [5, 5.41) is 15.2. The summed E-state index contributed by atoms with van der Waals surface area (Å²) in [5.41, 5.74) is 1.73. The quantitative estimate of drug-likeness (QED) is 0.308. The molecule has 4 rings (SSSR count). The normalized spacial score (nSPS) is 17.3. The van der Waals surface area contributed by atoms with Gasteiger partial charge in [0.1, 0.15) is 23.0 Å². The molecule has 0 saturated carbocycles. The molecule has 34 heavy (non-hydrogen) atoms. The van der Waals surface area contributed by atoms with E-state index < -0.39 is 17.7 Å². The van der Waals surface area contributed by atoms with Gasteiger partial charge in [0, 0.05) is 11.6 Å². The minimum atomic E-state index is -0.919. The summed E-state index contributed by atoms with van der Waals surface area (Å²) in [6.07, 6.45) is 0.831. The van der Waals surface area contributed by atoms with Crippen molar-refractivity contribution in [2.75, 3.05) is 18.6 Å². The molecule has 8 nitrogen and oxygen atoms in total. The fourth-order valence-electron chi connectivity index (χ4n) is 4.03. The Morgan fingerprint density at radius 2 is 1.94 bits per heavy atom. The van der Waals surface area contributed by atoms with Crippen LogP contribution in [0, 0.1) is 13.8 Å². The Hall–Kier alpha value is -4.07. The van der Waals surface area contributed by atoms with Crippen molar-refractivity contribution in [2.24, 2.45) is 0 Å². The lowest BCUT2D eigenvalue weighted by atomic mass is 9.94. The number of hydrogen-bond acceptors (Lipinski definition) is 7. The van der Waals surface area contributed by atoms with Crippen molar-refractivity contribution in [3.05, 3.63) is 76.6 Å². The number of hydrogen-bond donors (Lipinski definition) is 1. The van der Waals surface area contributed by atoms with E-state index in [-0.39, 0.29) is 17.2 Å². The van der Waals surface area contributed by atoms with Crippen LogP contribution in [0.1, 0.15) is 41.8 Å². The van der Waals surface area contributed by atoms with Crippen LogP contribution < -0.4 is 14.4 Å². The first kappa shape index (κ1) is 23.1. The molecule has 176 valence electrons. The molecule has 0 radical (unpaired) electrons. The molecule has 1 amide bonds. The standard InChI is InChI=1S/C26H26N2O6/c1-5-11-33-19-8-6-7-17(14-19)23-22(24(29)18-9-10-20(32-4)15(2)12-18)25(30)26(31)28(23)21-13-16(3)34-27-21/h6-10,12-14,23,29H,5,11H2,1-4H3/t23-/m1/s1. The van der Waals surface area contributed by atoms with Crippen LogP contribution in [-0.4, -0.2) is 35.7 Å². The van der Waals surface area contributed by atoms with Crippen molar-refractivity contribution >= 4 is 23.3 Å². The summed E-state index contributed by atoms with van der Waals surface area (Å²) >= 11 is 0. The molecule has 0 spiro atoms. The molecule has 1 aliphatic heterocycles. The summed E-state index contributed by atoms with van der Waals surface area (Å²) in [6, 6.07) is 12.8. The minimum absolute atomic E-state index is 0.0390. The zero-order valence-corrected chi connectivity index (χ0v) is 19.5. The molecule has 1 aromatic heterocycles. The number of Topliss-reactive ketones (excluding diaryl/α,β-unsaturated/α-hetero) is 1. The maximum atomic E-state index is 13.2. The zero-order valence-electron chi connectivity index (χ0n) is 19.5. The number of ether oxygens (including phenoxy) is 2. The highest BCUT2D eigenvalue weighted by molar-refractivity contribution is 6.51. The van der Waals surface area contributed by atoms with E-state index in [1.54, 1.807) is 62.6 Å². The van der Waals surface area contributed by atoms with E-state index in [9.17, 15) is 14.7 Å². The van der Waals surface area contributed by atoms with E-state index >= 15 is 0 Å². The molecule has 1 aliphatic rings. The lowest BCUT2D eigenvalue weighted by Crippen LogP contribution is -2.29. The van der Waals surface area contributed by atoms with E-state index in [1.807, 2.05) is 13.8 Å². The van der Waals surface area contributed by atoms with Crippen LogP contribution in [0.3, 0.4) is 0 Å². The van der Waals surface area contributed by atoms with Crippen molar-refractivity contribution in [1.29, 1.82) is 0 Å². The zero-order chi connectivity index (χ0) is 24.4. The summed E-state index contributed by atoms with van der Waals surface area (Å²) in [5.74, 6) is 0.0306. The van der Waals surface area contributed by atoms with Crippen molar-refractivity contribution in [2.45, 2.75) is 33.2 Å². The number of nitrogens with zero attached hydrogens (tertiary/aromatic N) is 2. The van der Waals surface area contributed by atoms with Crippen LogP contribution >= 0.6 is 0 Å². The number of carbonyl (C=O) groups excluding carboxylic acids is 2. The average molecular weight is 463 g/mol. The number of aliphatic hydroxyl groups is 1. The highest BCUT2D eigenvalue weighted by atomic mass is 16.5. The van der Waals surface area contributed by atoms with Crippen molar-refractivity contribution < 1.29 is 28.7 Å². The summed E-state index contributed by atoms with van der Waals surface area (Å²) < 4.78 is 16.2. The number of anilines is 1. The van der Waals surface area contributed by atoms with Gasteiger partial charge in [-0.1, -0.05) is 24.2 Å². The molecule has 1 saturated heterocycles. The fraction of sp³-hybridized carbons (Fsp3) is 0.269. The van der Waals surface area contributed by atoms with Crippen LogP contribution in [0.15, 0.2) is 58.6 Å². The van der Waals surface area contributed by atoms with E-state index in [4.69, 9.17) is 14.0 Å². The largest absolute Gasteiger partial charge is 0.507 e. The molecule has 2 heterocycles. The van der Waals surface area contributed by atoms with Crippen molar-refractivity contribution in [3.8, 4) is 11.5 Å². The molecule has 0 aliphatic carbocycles. The van der Waals surface area contributed by atoms with Crippen molar-refractivity contribution in [1.82, 2.24) is 5.16 Å². The number of amides is 1. The highest BCUT2D eigenvalue weighted by Gasteiger charge is 2.48. The van der Waals surface area contributed by atoms with Crippen LogP contribution in [0.4, 0.5) is 5.82 Å². The van der Waals surface area contributed by atoms with Gasteiger partial charge in [-0.2, -0.15) is 0 Å². The summed E-state index contributed by atoms with van der Waals surface area (Å²) in [7, 11) is 1.56. The third-order valence-electron chi connectivity index (χ3n) is 5.62. The van der Waals surface area contributed by atoms with Gasteiger partial charge in [0.15, 0.2) is 5.82 Å². The predicted molar refractivity (Wildman–Crippen MR) is 126 cm³/mol. The SMILES string of the molecule is CCCOc1cccc([C@@H]2C(=C(O)c3ccc(OC)c(C)c3)C(=O)C(=O)N2c2cc(C)on2)c1. The Bertz CT molecular complexity index is 1280. The van der Waals surface area contributed by atoms with Gasteiger partial charge in [0.05, 0.1) is 25.3 Å². The number of methoxy groups -OCH3 is 1. The second kappa shape index (κ2) is 9.43. The number of ketones is 1. The van der Waals surface area contributed by atoms with Gasteiger partial charge >= 0.3 is 5.91 Å². The van der Waals surface area contributed by atoms with E-state index in [1.165, 1.54) is 4.90 Å². The van der Waals surface area contributed by atoms with Gasteiger partial charge in [-0.25, -0.2) is 0 Å². The van der Waals surface area contributed by atoms with E-state index in [2.05, 4.69) is 5.16 Å². The van der Waals surface area contributed by atoms with Crippen molar-refractivity contribution in [3.63, 3.8) is 0 Å². The number of aliphatic hydroxyl groups excluding tert-OH is 1. The molecule has 1 fully saturated rings. The first-order valence-corrected chi connectivity index (χ1v) is 11.0. The first-order valence-electron chi connectivity index (χ1n) is 11.0. The molecular weight excluding hydrogens is 436 g/mol. The number of rotatable bonds is 7. The van der Waals surface area contributed by atoms with Gasteiger partial charge in [0.25, 0.3) is 5.78 Å². The van der Waals surface area contributed by atoms with E-state index in [0.717, 1.165) is 12.0 Å². The molecule has 2 aromatic carbocycles. The Kier molecular flexibility index (Phi) is 6.40. The number of aryl methyl sites for hydroxylation is 2. The predicted octanol–water partition coefficient (Wildman–Crippen LogP) is 4.72. The highest BCUT2D eigenvalue weighted by Crippen LogP contribution is 2.42. The lowest BCUT2D eigenvalue weighted by molar-refractivity contribution is -0.132. The molecule has 8 heteroatoms. The average Bonchev–Trinajstić information content (AvgIpc) is 3.37. The molecule has 1 N–H and O–H groups in total. The fourth-order valence-corrected chi connectivity index (χ4v) is 4.03. The maximum absolute atomic E-state index is 13.2. The monoisotopic (exact) mass is 462 g/mol. The third-order valence-corrected chi connectivity index (χ3v) is 5.62. The smallest absolute Gasteiger partial charge is 0.301 e. The Labute approximate surface area is 197 Å². The van der Waals surface area contributed by atoms with Crippen LogP contribution in [0.25, 0.3) is 5.76 Å². The minimum Gasteiger partial charge on any atom is -0.507 e. The number of carbonyl (C=O) groups is 2. The van der Waals surface area contributed by atoms with Crippen LogP contribution in [0.2, 0.25) is 0 Å². The molecule has 1 atom stereocenters. The maximum Gasteiger partial charge on any atom is 0.301 e. The van der Waals surface area contributed by atoms with E-state index in [0.29, 0.717) is 35.0 Å². The van der Waals surface area contributed by atoms with Gasteiger partial charge in [-0.05, 0) is 61.7 Å². The number of benzene rings is 2. The molecule has 0 bridgehead atoms. The number of aromatic nitrogens is 1. The second-order valence-corrected chi connectivity index (χ2v) is 8.07. The molecule has 0 unspecified atom stereocenters. The Balaban J connectivity index is 1.90. The summed E-state index contributed by atoms with van der Waals surface area (Å²) in [4.78, 5) is 27.7. The molecule has 3 aromatic rings. The topological polar surface area (TPSA) is 102 Å². The van der Waals surface area contributed by atoms with Gasteiger partial charge in [-0.3, -0.25) is 14.5 Å². The first-order chi connectivity index (χ1) is 16.3. The third kappa shape index (κ3) is 4.14. The van der Waals surface area contributed by atoms with Gasteiger partial charge < -0.3 is 19.1 Å². The Morgan fingerprint density at radius 3 is 2.59 bits per heavy atom. The van der Waals surface area contributed by atoms with Gasteiger partial charge in [0.2, 0.25) is 0 Å². The lowest BCUT2D eigenvalue weighted by Gasteiger charge is -2.23. The molecular formula is C26H26N2O6. The van der Waals surface area contributed by atoms with Gasteiger partial charge in [-0.15, -0.1) is 0 Å². The summed E-state index contributed by atoms with van der Waals surface area (Å²) in [6.45, 7) is 6.06. The Morgan fingerprint density at radius 1 is 1.15 bits per heavy atom.